The Labute approximate surface area is 116 Å². The lowest BCUT2D eigenvalue weighted by molar-refractivity contribution is 1.33. The maximum absolute atomic E-state index is 4.40. The third-order valence-electron chi connectivity index (χ3n) is 2.74. The molecule has 3 nitrogen and oxygen atoms in total. The third-order valence-corrected chi connectivity index (χ3v) is 3.70. The molecule has 0 unspecified atom stereocenters. The molecule has 3 rings (SSSR count). The Morgan fingerprint density at radius 1 is 1.11 bits per heavy atom. The van der Waals surface area contributed by atoms with E-state index in [-0.39, 0.29) is 0 Å². The number of anilines is 2. The van der Waals surface area contributed by atoms with Crippen LogP contribution in [0.5, 0.6) is 0 Å². The average Bonchev–Trinajstić information content (AvgIpc) is 2.88. The van der Waals surface area contributed by atoms with E-state index in [9.17, 15) is 0 Å². The van der Waals surface area contributed by atoms with Gasteiger partial charge in [0.2, 0.25) is 0 Å². The van der Waals surface area contributed by atoms with Gasteiger partial charge in [0, 0.05) is 24.3 Å². The van der Waals surface area contributed by atoms with Gasteiger partial charge in [-0.05, 0) is 42.3 Å². The van der Waals surface area contributed by atoms with Crippen LogP contribution in [0.4, 0.5) is 10.8 Å². The number of aromatic nitrogens is 2. The van der Waals surface area contributed by atoms with Crippen molar-refractivity contribution in [1.82, 2.24) is 9.97 Å². The van der Waals surface area contributed by atoms with Crippen LogP contribution in [-0.4, -0.2) is 9.97 Å². The molecule has 0 aliphatic heterocycles. The van der Waals surface area contributed by atoms with Gasteiger partial charge in [0.1, 0.15) is 0 Å². The van der Waals surface area contributed by atoms with Crippen LogP contribution in [0.15, 0.2) is 55.0 Å². The van der Waals surface area contributed by atoms with Crippen LogP contribution in [0.2, 0.25) is 0 Å². The summed E-state index contributed by atoms with van der Waals surface area (Å²) >= 11 is 1.64. The second-order valence-corrected chi connectivity index (χ2v) is 5.29. The fraction of sp³-hybridized carbons (Fsp3) is 0.0667. The van der Waals surface area contributed by atoms with Gasteiger partial charge in [0.05, 0.1) is 4.88 Å². The zero-order valence-electron chi connectivity index (χ0n) is 10.5. The van der Waals surface area contributed by atoms with Crippen molar-refractivity contribution in [2.45, 2.75) is 6.92 Å². The minimum atomic E-state index is 0.900. The van der Waals surface area contributed by atoms with E-state index in [0.29, 0.717) is 0 Å². The second kappa shape index (κ2) is 5.20. The quantitative estimate of drug-likeness (QED) is 0.770. The van der Waals surface area contributed by atoms with Crippen LogP contribution in [0, 0.1) is 6.92 Å². The molecule has 4 heteroatoms. The molecule has 0 spiro atoms. The molecular weight excluding hydrogens is 254 g/mol. The minimum absolute atomic E-state index is 0.900. The van der Waals surface area contributed by atoms with Crippen molar-refractivity contribution in [3.63, 3.8) is 0 Å². The summed E-state index contributed by atoms with van der Waals surface area (Å²) in [6.07, 6.45) is 5.48. The van der Waals surface area contributed by atoms with E-state index >= 15 is 0 Å². The molecule has 1 N–H and O–H groups in total. The highest BCUT2D eigenvalue weighted by Gasteiger charge is 2.04. The number of rotatable bonds is 3. The number of thiazole rings is 1. The second-order valence-electron chi connectivity index (χ2n) is 4.26. The molecule has 2 aromatic heterocycles. The Hall–Kier alpha value is -2.20. The molecule has 0 amide bonds. The topological polar surface area (TPSA) is 37.8 Å². The zero-order chi connectivity index (χ0) is 13.1. The first kappa shape index (κ1) is 11.9. The van der Waals surface area contributed by atoms with Crippen molar-refractivity contribution in [3.05, 3.63) is 60.6 Å². The van der Waals surface area contributed by atoms with E-state index in [1.54, 1.807) is 23.7 Å². The van der Waals surface area contributed by atoms with Gasteiger partial charge in [-0.15, -0.1) is 0 Å². The van der Waals surface area contributed by atoms with Crippen LogP contribution < -0.4 is 5.32 Å². The predicted molar refractivity (Wildman–Crippen MR) is 79.8 cm³/mol. The van der Waals surface area contributed by atoms with Crippen molar-refractivity contribution in [2.75, 3.05) is 5.32 Å². The summed E-state index contributed by atoms with van der Waals surface area (Å²) in [6.45, 7) is 2.08. The summed E-state index contributed by atoms with van der Waals surface area (Å²) < 4.78 is 0. The molecule has 19 heavy (non-hydrogen) atoms. The van der Waals surface area contributed by atoms with E-state index in [1.807, 2.05) is 30.5 Å². The van der Waals surface area contributed by atoms with Gasteiger partial charge >= 0.3 is 0 Å². The lowest BCUT2D eigenvalue weighted by Gasteiger charge is -2.02. The van der Waals surface area contributed by atoms with Gasteiger partial charge in [-0.2, -0.15) is 0 Å². The molecule has 0 bridgehead atoms. The highest BCUT2D eigenvalue weighted by molar-refractivity contribution is 7.18. The van der Waals surface area contributed by atoms with Crippen LogP contribution in [0.25, 0.3) is 10.4 Å². The SMILES string of the molecule is Cc1cccc(Nc2ncc(-c3ccncc3)s2)c1. The van der Waals surface area contributed by atoms with E-state index in [2.05, 4.69) is 34.3 Å². The van der Waals surface area contributed by atoms with Gasteiger partial charge < -0.3 is 5.32 Å². The molecule has 0 saturated carbocycles. The number of hydrogen-bond acceptors (Lipinski definition) is 4. The Morgan fingerprint density at radius 3 is 2.74 bits per heavy atom. The molecule has 0 fully saturated rings. The van der Waals surface area contributed by atoms with Gasteiger partial charge in [-0.3, -0.25) is 4.98 Å². The summed E-state index contributed by atoms with van der Waals surface area (Å²) in [5.74, 6) is 0. The third kappa shape index (κ3) is 2.80. The standard InChI is InChI=1S/C15H13N3S/c1-11-3-2-4-13(9-11)18-15-17-10-14(19-15)12-5-7-16-8-6-12/h2-10H,1H3,(H,17,18). The highest BCUT2D eigenvalue weighted by Crippen LogP contribution is 2.30. The zero-order valence-corrected chi connectivity index (χ0v) is 11.3. The number of hydrogen-bond donors (Lipinski definition) is 1. The summed E-state index contributed by atoms with van der Waals surface area (Å²) in [5, 5.41) is 4.23. The van der Waals surface area contributed by atoms with Crippen molar-refractivity contribution >= 4 is 22.2 Å². The van der Waals surface area contributed by atoms with Gasteiger partial charge in [-0.1, -0.05) is 23.5 Å². The summed E-state index contributed by atoms with van der Waals surface area (Å²) in [6, 6.07) is 12.2. The molecular formula is C15H13N3S. The first-order chi connectivity index (χ1) is 9.31. The molecule has 0 aliphatic carbocycles. The Bertz CT molecular complexity index is 677. The number of nitrogens with zero attached hydrogens (tertiary/aromatic N) is 2. The predicted octanol–water partition coefficient (Wildman–Crippen LogP) is 4.26. The average molecular weight is 267 g/mol. The molecule has 0 aliphatic rings. The monoisotopic (exact) mass is 267 g/mol. The molecule has 0 saturated heterocycles. The molecule has 3 aromatic rings. The lowest BCUT2D eigenvalue weighted by atomic mass is 10.2. The highest BCUT2D eigenvalue weighted by atomic mass is 32.1. The molecule has 2 heterocycles. The summed E-state index contributed by atoms with van der Waals surface area (Å²) in [7, 11) is 0. The first-order valence-electron chi connectivity index (χ1n) is 6.01. The number of pyridine rings is 1. The smallest absolute Gasteiger partial charge is 0.187 e. The number of nitrogens with one attached hydrogen (secondary N) is 1. The van der Waals surface area contributed by atoms with Crippen molar-refractivity contribution < 1.29 is 0 Å². The number of benzene rings is 1. The van der Waals surface area contributed by atoms with Crippen molar-refractivity contribution in [1.29, 1.82) is 0 Å². The van der Waals surface area contributed by atoms with Crippen LogP contribution in [0.1, 0.15) is 5.56 Å². The maximum atomic E-state index is 4.40. The fourth-order valence-electron chi connectivity index (χ4n) is 1.83. The maximum Gasteiger partial charge on any atom is 0.187 e. The van der Waals surface area contributed by atoms with E-state index in [0.717, 1.165) is 21.3 Å². The van der Waals surface area contributed by atoms with E-state index in [1.165, 1.54) is 5.56 Å². The molecule has 94 valence electrons. The van der Waals surface area contributed by atoms with Crippen molar-refractivity contribution in [2.24, 2.45) is 0 Å². The fourth-order valence-corrected chi connectivity index (χ4v) is 2.67. The van der Waals surface area contributed by atoms with Crippen LogP contribution >= 0.6 is 11.3 Å². The van der Waals surface area contributed by atoms with Crippen LogP contribution in [0.3, 0.4) is 0 Å². The van der Waals surface area contributed by atoms with Gasteiger partial charge in [-0.25, -0.2) is 4.98 Å². The summed E-state index contributed by atoms with van der Waals surface area (Å²) in [5.41, 5.74) is 3.44. The molecule has 0 atom stereocenters. The van der Waals surface area contributed by atoms with Gasteiger partial charge in [0.15, 0.2) is 5.13 Å². The van der Waals surface area contributed by atoms with E-state index in [4.69, 9.17) is 0 Å². The summed E-state index contributed by atoms with van der Waals surface area (Å²) in [4.78, 5) is 9.56. The Kier molecular flexibility index (Phi) is 3.25. The van der Waals surface area contributed by atoms with E-state index < -0.39 is 0 Å². The van der Waals surface area contributed by atoms with Crippen molar-refractivity contribution in [3.8, 4) is 10.4 Å². The lowest BCUT2D eigenvalue weighted by Crippen LogP contribution is -1.88. The normalized spacial score (nSPS) is 10.4. The number of aryl methyl sites for hydroxylation is 1. The largest absolute Gasteiger partial charge is 0.332 e. The minimum Gasteiger partial charge on any atom is -0.332 e. The molecule has 0 radical (unpaired) electrons. The first-order valence-corrected chi connectivity index (χ1v) is 6.83. The molecule has 1 aromatic carbocycles. The van der Waals surface area contributed by atoms with Gasteiger partial charge in [0.25, 0.3) is 0 Å². The Morgan fingerprint density at radius 2 is 1.95 bits per heavy atom. The Balaban J connectivity index is 1.82. The van der Waals surface area contributed by atoms with Crippen LogP contribution in [-0.2, 0) is 0 Å².